The van der Waals surface area contributed by atoms with Crippen LogP contribution < -0.4 is 16.6 Å². The molecule has 0 atom stereocenters. The highest BCUT2D eigenvalue weighted by molar-refractivity contribution is 5.92. The standard InChI is InChI=1S/C24H32N6O5/c1-4-6-8-15-28-19(26-22-21(28)23(32)27-24(33)29(22)14-7-5-2)12-13-20(31)25-17-10-9-11-18(16(17)3)30(34)35/h9-11H,4-8,12-15H2,1-3H3,(H,25,31)(H,27,32,33). The summed E-state index contributed by atoms with van der Waals surface area (Å²) in [6.07, 6.45) is 4.78. The summed E-state index contributed by atoms with van der Waals surface area (Å²) in [5.74, 6) is 0.237. The van der Waals surface area contributed by atoms with Crippen LogP contribution in [0.2, 0.25) is 0 Å². The predicted octanol–water partition coefficient (Wildman–Crippen LogP) is 3.66. The predicted molar refractivity (Wildman–Crippen MR) is 134 cm³/mol. The number of imidazole rings is 1. The average Bonchev–Trinajstić information content (AvgIpc) is 3.17. The molecule has 0 unspecified atom stereocenters. The zero-order valence-corrected chi connectivity index (χ0v) is 20.4. The Kier molecular flexibility index (Phi) is 8.56. The number of H-pyrrole nitrogens is 1. The molecule has 0 spiro atoms. The molecule has 0 fully saturated rings. The molecule has 11 heteroatoms. The number of hydrogen-bond acceptors (Lipinski definition) is 6. The number of carbonyl (C=O) groups is 1. The van der Waals surface area contributed by atoms with E-state index in [1.807, 2.05) is 11.5 Å². The second-order valence-corrected chi connectivity index (χ2v) is 8.58. The maximum absolute atomic E-state index is 12.7. The molecular formula is C24H32N6O5. The Bertz CT molecular complexity index is 1340. The largest absolute Gasteiger partial charge is 0.330 e. The van der Waals surface area contributed by atoms with E-state index in [0.717, 1.165) is 32.1 Å². The van der Waals surface area contributed by atoms with Crippen LogP contribution in [0, 0.1) is 17.0 Å². The summed E-state index contributed by atoms with van der Waals surface area (Å²) in [4.78, 5) is 55.6. The Balaban J connectivity index is 1.90. The number of hydrogen-bond donors (Lipinski definition) is 2. The lowest BCUT2D eigenvalue weighted by atomic mass is 10.1. The maximum atomic E-state index is 12.7. The van der Waals surface area contributed by atoms with Crippen molar-refractivity contribution in [1.29, 1.82) is 0 Å². The first kappa shape index (κ1) is 25.9. The van der Waals surface area contributed by atoms with Gasteiger partial charge in [0.25, 0.3) is 11.2 Å². The molecule has 0 aliphatic rings. The van der Waals surface area contributed by atoms with Crippen molar-refractivity contribution in [2.45, 2.75) is 78.8 Å². The molecule has 188 valence electrons. The molecule has 2 aromatic heterocycles. The van der Waals surface area contributed by atoms with Crippen LogP contribution in [0.4, 0.5) is 11.4 Å². The fourth-order valence-electron chi connectivity index (χ4n) is 4.09. The van der Waals surface area contributed by atoms with Crippen LogP contribution in [-0.4, -0.2) is 29.9 Å². The van der Waals surface area contributed by atoms with Crippen molar-refractivity contribution in [2.24, 2.45) is 0 Å². The third-order valence-electron chi connectivity index (χ3n) is 6.04. The number of rotatable bonds is 12. The number of benzene rings is 1. The zero-order chi connectivity index (χ0) is 25.5. The van der Waals surface area contributed by atoms with Gasteiger partial charge in [-0.15, -0.1) is 0 Å². The van der Waals surface area contributed by atoms with Crippen molar-refractivity contribution in [2.75, 3.05) is 5.32 Å². The van der Waals surface area contributed by atoms with E-state index < -0.39 is 16.2 Å². The second-order valence-electron chi connectivity index (χ2n) is 8.58. The van der Waals surface area contributed by atoms with E-state index in [9.17, 15) is 24.5 Å². The number of nitro benzene ring substituents is 1. The van der Waals surface area contributed by atoms with Crippen LogP contribution in [0.15, 0.2) is 27.8 Å². The molecule has 0 aliphatic carbocycles. The van der Waals surface area contributed by atoms with Gasteiger partial charge in [0.2, 0.25) is 5.91 Å². The molecule has 11 nitrogen and oxygen atoms in total. The molecule has 1 amide bonds. The summed E-state index contributed by atoms with van der Waals surface area (Å²) in [5, 5.41) is 13.9. The number of nitro groups is 1. The molecule has 2 N–H and O–H groups in total. The second kappa shape index (κ2) is 11.6. The van der Waals surface area contributed by atoms with Crippen molar-refractivity contribution < 1.29 is 9.72 Å². The summed E-state index contributed by atoms with van der Waals surface area (Å²) in [6.45, 7) is 6.69. The number of nitrogens with one attached hydrogen (secondary N) is 2. The van der Waals surface area contributed by atoms with Crippen molar-refractivity contribution in [3.8, 4) is 0 Å². The smallest absolute Gasteiger partial charge is 0.326 e. The van der Waals surface area contributed by atoms with Gasteiger partial charge in [0.15, 0.2) is 11.2 Å². The molecule has 0 bridgehead atoms. The van der Waals surface area contributed by atoms with Crippen LogP contribution in [0.25, 0.3) is 11.2 Å². The minimum absolute atomic E-state index is 0.0650. The number of anilines is 1. The molecule has 0 radical (unpaired) electrons. The number of carbonyl (C=O) groups excluding carboxylic acids is 1. The van der Waals surface area contributed by atoms with Crippen molar-refractivity contribution in [3.63, 3.8) is 0 Å². The van der Waals surface area contributed by atoms with Crippen molar-refractivity contribution in [3.05, 3.63) is 60.5 Å². The van der Waals surface area contributed by atoms with E-state index in [1.165, 1.54) is 16.7 Å². The van der Waals surface area contributed by atoms with Gasteiger partial charge in [-0.3, -0.25) is 29.3 Å². The van der Waals surface area contributed by atoms with Gasteiger partial charge in [0, 0.05) is 32.0 Å². The van der Waals surface area contributed by atoms with Gasteiger partial charge >= 0.3 is 5.69 Å². The molecule has 0 saturated carbocycles. The van der Waals surface area contributed by atoms with E-state index >= 15 is 0 Å². The van der Waals surface area contributed by atoms with Gasteiger partial charge in [0.1, 0.15) is 5.82 Å². The quantitative estimate of drug-likeness (QED) is 0.228. The first-order chi connectivity index (χ1) is 16.8. The lowest BCUT2D eigenvalue weighted by molar-refractivity contribution is -0.385. The number of aryl methyl sites for hydroxylation is 3. The van der Waals surface area contributed by atoms with E-state index in [0.29, 0.717) is 41.3 Å². The summed E-state index contributed by atoms with van der Waals surface area (Å²) < 4.78 is 3.31. The summed E-state index contributed by atoms with van der Waals surface area (Å²) in [6, 6.07) is 4.53. The fourth-order valence-corrected chi connectivity index (χ4v) is 4.09. The minimum atomic E-state index is -0.487. The number of fused-ring (bicyclic) bond motifs is 1. The van der Waals surface area contributed by atoms with Gasteiger partial charge in [-0.25, -0.2) is 9.78 Å². The lowest BCUT2D eigenvalue weighted by Crippen LogP contribution is -2.31. The third-order valence-corrected chi connectivity index (χ3v) is 6.04. The van der Waals surface area contributed by atoms with E-state index in [-0.39, 0.29) is 24.4 Å². The number of nitrogens with zero attached hydrogens (tertiary/aromatic N) is 4. The van der Waals surface area contributed by atoms with E-state index in [1.54, 1.807) is 13.0 Å². The monoisotopic (exact) mass is 484 g/mol. The number of unbranched alkanes of at least 4 members (excludes halogenated alkanes) is 3. The molecule has 0 aliphatic heterocycles. The first-order valence-electron chi connectivity index (χ1n) is 12.0. The van der Waals surface area contributed by atoms with Crippen molar-refractivity contribution >= 4 is 28.4 Å². The average molecular weight is 485 g/mol. The Hall–Kier alpha value is -3.76. The Morgan fingerprint density at radius 1 is 1.11 bits per heavy atom. The fraction of sp³-hybridized carbons (Fsp3) is 0.500. The highest BCUT2D eigenvalue weighted by Gasteiger charge is 2.20. The van der Waals surface area contributed by atoms with Gasteiger partial charge in [-0.1, -0.05) is 39.2 Å². The Labute approximate surface area is 202 Å². The minimum Gasteiger partial charge on any atom is -0.326 e. The van der Waals surface area contributed by atoms with Gasteiger partial charge in [-0.05, 0) is 25.8 Å². The summed E-state index contributed by atoms with van der Waals surface area (Å²) in [7, 11) is 0. The Morgan fingerprint density at radius 2 is 1.83 bits per heavy atom. The van der Waals surface area contributed by atoms with Gasteiger partial charge in [0.05, 0.1) is 16.2 Å². The molecule has 35 heavy (non-hydrogen) atoms. The number of aromatic nitrogens is 4. The van der Waals surface area contributed by atoms with Crippen LogP contribution in [0.1, 0.15) is 63.8 Å². The molecule has 2 heterocycles. The molecule has 3 aromatic rings. The molecular weight excluding hydrogens is 452 g/mol. The third kappa shape index (κ3) is 5.84. The van der Waals surface area contributed by atoms with Crippen LogP contribution in [0.5, 0.6) is 0 Å². The van der Waals surface area contributed by atoms with Crippen LogP contribution in [-0.2, 0) is 24.3 Å². The van der Waals surface area contributed by atoms with Gasteiger partial charge in [-0.2, -0.15) is 0 Å². The normalized spacial score (nSPS) is 11.2. The highest BCUT2D eigenvalue weighted by Crippen LogP contribution is 2.25. The van der Waals surface area contributed by atoms with Crippen molar-refractivity contribution in [1.82, 2.24) is 19.1 Å². The number of amides is 1. The van der Waals surface area contributed by atoms with Gasteiger partial charge < -0.3 is 9.88 Å². The SMILES string of the molecule is CCCCCn1c(CCC(=O)Nc2cccc([N+](=O)[O-])c2C)nc2c1c(=O)[nH]c(=O)n2CCCC. The van der Waals surface area contributed by atoms with E-state index in [2.05, 4.69) is 22.2 Å². The Morgan fingerprint density at radius 3 is 2.51 bits per heavy atom. The van der Waals surface area contributed by atoms with E-state index in [4.69, 9.17) is 0 Å². The first-order valence-corrected chi connectivity index (χ1v) is 12.0. The van der Waals surface area contributed by atoms with Crippen LogP contribution in [0.3, 0.4) is 0 Å². The number of aromatic amines is 1. The molecule has 1 aromatic carbocycles. The summed E-state index contributed by atoms with van der Waals surface area (Å²) in [5.41, 5.74) is 0.416. The molecule has 0 saturated heterocycles. The zero-order valence-electron chi connectivity index (χ0n) is 20.4. The highest BCUT2D eigenvalue weighted by atomic mass is 16.6. The maximum Gasteiger partial charge on any atom is 0.330 e. The van der Waals surface area contributed by atoms with Crippen LogP contribution >= 0.6 is 0 Å². The molecule has 3 rings (SSSR count). The lowest BCUT2D eigenvalue weighted by Gasteiger charge is -2.10. The topological polar surface area (TPSA) is 145 Å². The summed E-state index contributed by atoms with van der Waals surface area (Å²) >= 11 is 0.